The van der Waals surface area contributed by atoms with Crippen molar-refractivity contribution in [2.75, 3.05) is 0 Å². The molecule has 0 aliphatic heterocycles. The predicted molar refractivity (Wildman–Crippen MR) is 277 cm³/mol. The molecule has 15 rings (SSSR count). The molecule has 68 heavy (non-hydrogen) atoms. The Balaban J connectivity index is 0.946. The third-order valence-corrected chi connectivity index (χ3v) is 14.7. The van der Waals surface area contributed by atoms with E-state index >= 15 is 0 Å². The number of hydrogen-bond acceptors (Lipinski definition) is 4. The van der Waals surface area contributed by atoms with Crippen molar-refractivity contribution in [2.24, 2.45) is 0 Å². The Morgan fingerprint density at radius 1 is 0.279 bits per heavy atom. The standard InChI is InChI=1S/C64H37N3O/c1-3-15-38(16-4-1)61-65-62(39-17-5-2-6-18-39)67-63(66-61)43-20-11-19-40(35-43)41-31-34-50-55(37-41)64(52-26-9-7-21-46(52)47-22-8-10-27-53(47)64)54-28-12-23-44(58(50)54)42-32-33-45-48-24-13-29-56-59(48)60-49(51(45)36-42)25-14-30-57(60)68-56/h1-37H. The first-order chi connectivity index (χ1) is 33.7. The van der Waals surface area contributed by atoms with Crippen molar-refractivity contribution in [3.8, 4) is 78.7 Å². The van der Waals surface area contributed by atoms with Crippen LogP contribution in [0.4, 0.5) is 0 Å². The molecule has 0 fully saturated rings. The fourth-order valence-electron chi connectivity index (χ4n) is 11.9. The summed E-state index contributed by atoms with van der Waals surface area (Å²) in [6.07, 6.45) is 0. The maximum Gasteiger partial charge on any atom is 0.164 e. The molecule has 4 nitrogen and oxygen atoms in total. The second kappa shape index (κ2) is 14.0. The van der Waals surface area contributed by atoms with Gasteiger partial charge in [-0.15, -0.1) is 0 Å². The lowest BCUT2D eigenvalue weighted by atomic mass is 9.70. The van der Waals surface area contributed by atoms with Crippen LogP contribution in [0, 0.1) is 0 Å². The van der Waals surface area contributed by atoms with Crippen molar-refractivity contribution >= 4 is 43.5 Å². The summed E-state index contributed by atoms with van der Waals surface area (Å²) >= 11 is 0. The van der Waals surface area contributed by atoms with Gasteiger partial charge in [0.05, 0.1) is 5.41 Å². The van der Waals surface area contributed by atoms with Crippen LogP contribution < -0.4 is 0 Å². The van der Waals surface area contributed by atoms with Gasteiger partial charge in [0.15, 0.2) is 17.5 Å². The molecule has 2 aromatic heterocycles. The summed E-state index contributed by atoms with van der Waals surface area (Å²) in [4.78, 5) is 15.2. The third kappa shape index (κ3) is 5.11. The molecular formula is C64H37N3O. The number of rotatable bonds is 5. The van der Waals surface area contributed by atoms with Crippen molar-refractivity contribution in [1.82, 2.24) is 15.0 Å². The minimum absolute atomic E-state index is 0.536. The zero-order valence-corrected chi connectivity index (χ0v) is 36.6. The molecule has 0 atom stereocenters. The molecule has 0 unspecified atom stereocenters. The van der Waals surface area contributed by atoms with E-state index < -0.39 is 5.41 Å². The first-order valence-corrected chi connectivity index (χ1v) is 23.3. The van der Waals surface area contributed by atoms with E-state index in [1.54, 1.807) is 0 Å². The molecule has 2 heterocycles. The van der Waals surface area contributed by atoms with Crippen LogP contribution in [-0.2, 0) is 5.41 Å². The largest absolute Gasteiger partial charge is 0.456 e. The van der Waals surface area contributed by atoms with Crippen LogP contribution in [0.5, 0.6) is 0 Å². The molecule has 1 spiro atoms. The Morgan fingerprint density at radius 2 is 0.779 bits per heavy atom. The summed E-state index contributed by atoms with van der Waals surface area (Å²) in [5.74, 6) is 1.92. The molecule has 13 aromatic rings. The molecule has 0 bridgehead atoms. The molecule has 11 aromatic carbocycles. The van der Waals surface area contributed by atoms with Crippen LogP contribution in [0.1, 0.15) is 22.3 Å². The van der Waals surface area contributed by atoms with Crippen molar-refractivity contribution < 1.29 is 4.42 Å². The number of nitrogens with zero attached hydrogens (tertiary/aromatic N) is 3. The third-order valence-electron chi connectivity index (χ3n) is 14.7. The molecule has 0 N–H and O–H groups in total. The summed E-state index contributed by atoms with van der Waals surface area (Å²) in [6.45, 7) is 0. The summed E-state index contributed by atoms with van der Waals surface area (Å²) in [5, 5.41) is 7.32. The Labute approximate surface area is 391 Å². The van der Waals surface area contributed by atoms with E-state index in [9.17, 15) is 0 Å². The van der Waals surface area contributed by atoms with Crippen molar-refractivity contribution in [3.05, 3.63) is 247 Å². The molecular weight excluding hydrogens is 827 g/mol. The molecule has 0 saturated heterocycles. The highest BCUT2D eigenvalue weighted by Crippen LogP contribution is 2.64. The van der Waals surface area contributed by atoms with E-state index in [1.807, 2.05) is 36.4 Å². The number of benzene rings is 11. The zero-order valence-electron chi connectivity index (χ0n) is 36.6. The summed E-state index contributed by atoms with van der Waals surface area (Å²) < 4.78 is 6.42. The Morgan fingerprint density at radius 3 is 1.46 bits per heavy atom. The van der Waals surface area contributed by atoms with Gasteiger partial charge in [-0.1, -0.05) is 194 Å². The number of aromatic nitrogens is 3. The predicted octanol–water partition coefficient (Wildman–Crippen LogP) is 16.2. The number of hydrogen-bond donors (Lipinski definition) is 0. The van der Waals surface area contributed by atoms with Crippen LogP contribution in [-0.4, -0.2) is 15.0 Å². The average molecular weight is 864 g/mol. The topological polar surface area (TPSA) is 51.8 Å². The van der Waals surface area contributed by atoms with E-state index in [-0.39, 0.29) is 0 Å². The fourth-order valence-corrected chi connectivity index (χ4v) is 11.9. The van der Waals surface area contributed by atoms with Crippen LogP contribution in [0.2, 0.25) is 0 Å². The average Bonchev–Trinajstić information content (AvgIpc) is 4.05. The van der Waals surface area contributed by atoms with E-state index in [1.165, 1.54) is 88.0 Å². The van der Waals surface area contributed by atoms with Gasteiger partial charge in [-0.05, 0) is 119 Å². The molecule has 314 valence electrons. The van der Waals surface area contributed by atoms with E-state index in [0.717, 1.165) is 39.0 Å². The van der Waals surface area contributed by atoms with Gasteiger partial charge in [-0.3, -0.25) is 0 Å². The highest BCUT2D eigenvalue weighted by atomic mass is 16.3. The zero-order chi connectivity index (χ0) is 44.5. The van der Waals surface area contributed by atoms with Crippen LogP contribution in [0.25, 0.3) is 122 Å². The second-order valence-corrected chi connectivity index (χ2v) is 18.2. The van der Waals surface area contributed by atoms with Crippen molar-refractivity contribution in [1.29, 1.82) is 0 Å². The lowest BCUT2D eigenvalue weighted by Gasteiger charge is -2.31. The summed E-state index contributed by atoms with van der Waals surface area (Å²) in [5.41, 5.74) is 19.1. The fraction of sp³-hybridized carbons (Fsp3) is 0.0156. The first-order valence-electron chi connectivity index (χ1n) is 23.3. The van der Waals surface area contributed by atoms with E-state index in [0.29, 0.717) is 17.5 Å². The van der Waals surface area contributed by atoms with Gasteiger partial charge < -0.3 is 4.42 Å². The van der Waals surface area contributed by atoms with Crippen LogP contribution >= 0.6 is 0 Å². The van der Waals surface area contributed by atoms with E-state index in [4.69, 9.17) is 19.4 Å². The summed E-state index contributed by atoms with van der Waals surface area (Å²) in [7, 11) is 0. The smallest absolute Gasteiger partial charge is 0.164 e. The quantitative estimate of drug-likeness (QED) is 0.162. The number of furan rings is 1. The maximum absolute atomic E-state index is 6.42. The lowest BCUT2D eigenvalue weighted by molar-refractivity contribution is 0.669. The van der Waals surface area contributed by atoms with E-state index in [2.05, 4.69) is 188 Å². The minimum atomic E-state index is -0.536. The minimum Gasteiger partial charge on any atom is -0.456 e. The Bertz CT molecular complexity index is 4100. The van der Waals surface area contributed by atoms with Crippen LogP contribution in [0.3, 0.4) is 0 Å². The molecule has 2 aliphatic rings. The van der Waals surface area contributed by atoms with Gasteiger partial charge in [-0.25, -0.2) is 15.0 Å². The molecule has 0 radical (unpaired) electrons. The highest BCUT2D eigenvalue weighted by Gasteiger charge is 2.52. The lowest BCUT2D eigenvalue weighted by Crippen LogP contribution is -2.25. The molecule has 0 saturated carbocycles. The second-order valence-electron chi connectivity index (χ2n) is 18.2. The van der Waals surface area contributed by atoms with Crippen molar-refractivity contribution in [2.45, 2.75) is 5.41 Å². The van der Waals surface area contributed by atoms with Gasteiger partial charge in [0.25, 0.3) is 0 Å². The van der Waals surface area contributed by atoms with Gasteiger partial charge in [0, 0.05) is 27.5 Å². The maximum atomic E-state index is 6.42. The monoisotopic (exact) mass is 863 g/mol. The Hall–Kier alpha value is -8.99. The van der Waals surface area contributed by atoms with Gasteiger partial charge in [0.2, 0.25) is 0 Å². The number of fused-ring (bicyclic) bond motifs is 13. The van der Waals surface area contributed by atoms with Gasteiger partial charge in [0.1, 0.15) is 11.2 Å². The highest BCUT2D eigenvalue weighted by molar-refractivity contribution is 6.33. The molecule has 4 heteroatoms. The summed E-state index contributed by atoms with van der Waals surface area (Å²) in [6, 6.07) is 81.2. The van der Waals surface area contributed by atoms with Crippen LogP contribution in [0.15, 0.2) is 229 Å². The Kier molecular flexibility index (Phi) is 7.67. The van der Waals surface area contributed by atoms with Gasteiger partial charge in [-0.2, -0.15) is 0 Å². The van der Waals surface area contributed by atoms with Gasteiger partial charge >= 0.3 is 0 Å². The molecule has 2 aliphatic carbocycles. The normalized spacial score (nSPS) is 13.1. The molecule has 0 amide bonds. The van der Waals surface area contributed by atoms with Crippen molar-refractivity contribution in [3.63, 3.8) is 0 Å². The SMILES string of the molecule is c1ccc(-c2nc(-c3ccccc3)nc(-c3cccc(-c4ccc5c(c4)C4(c6ccccc6-c6ccccc64)c4cccc(-c6ccc7c(c6)c6cccc8oc9cccc7c9c86)c4-5)c3)n2)cc1. The first kappa shape index (κ1) is 37.3.